The van der Waals surface area contributed by atoms with Gasteiger partial charge in [0.25, 0.3) is 5.91 Å². The summed E-state index contributed by atoms with van der Waals surface area (Å²) in [5.41, 5.74) is 1.05. The fraction of sp³-hybridized carbons (Fsp3) is 0.381. The van der Waals surface area contributed by atoms with Crippen LogP contribution in [0, 0.1) is 0 Å². The zero-order valence-electron chi connectivity index (χ0n) is 16.9. The largest absolute Gasteiger partial charge is 0.373 e. The molecule has 0 radical (unpaired) electrons. The van der Waals surface area contributed by atoms with Crippen molar-refractivity contribution in [2.24, 2.45) is 0 Å². The lowest BCUT2D eigenvalue weighted by atomic mass is 10.1. The summed E-state index contributed by atoms with van der Waals surface area (Å²) in [5, 5.41) is 3.70. The zero-order valence-corrected chi connectivity index (χ0v) is 19.3. The van der Waals surface area contributed by atoms with Gasteiger partial charge in [0.1, 0.15) is 0 Å². The molecule has 2 aromatic rings. The second-order valence-corrected chi connectivity index (χ2v) is 10.2. The maximum absolute atomic E-state index is 13.1. The molecular formula is C21H24Cl2N2O4S. The first-order valence-corrected chi connectivity index (χ1v) is 11.8. The molecule has 1 amide bonds. The summed E-state index contributed by atoms with van der Waals surface area (Å²) in [6, 6.07) is 10.8. The Labute approximate surface area is 187 Å². The number of amides is 1. The lowest BCUT2D eigenvalue weighted by Crippen LogP contribution is -2.48. The molecule has 1 heterocycles. The molecule has 6 nitrogen and oxygen atoms in total. The van der Waals surface area contributed by atoms with Gasteiger partial charge in [0, 0.05) is 18.7 Å². The SMILES string of the molecule is CC1CN(S(=O)(=O)c2cccc(C(=O)NC(C)c3ccc(Cl)c(Cl)c3)c2)CC(C)O1. The number of sulfonamides is 1. The first kappa shape index (κ1) is 23.0. The van der Waals surface area contributed by atoms with Crippen LogP contribution >= 0.6 is 23.2 Å². The zero-order chi connectivity index (χ0) is 22.1. The van der Waals surface area contributed by atoms with E-state index in [-0.39, 0.29) is 47.7 Å². The molecule has 0 aliphatic carbocycles. The van der Waals surface area contributed by atoms with Crippen LogP contribution in [0.1, 0.15) is 42.7 Å². The normalized spacial score (nSPS) is 21.2. The number of nitrogens with zero attached hydrogens (tertiary/aromatic N) is 1. The van der Waals surface area contributed by atoms with Crippen LogP contribution in [0.5, 0.6) is 0 Å². The van der Waals surface area contributed by atoms with Crippen molar-refractivity contribution in [3.8, 4) is 0 Å². The number of benzene rings is 2. The van der Waals surface area contributed by atoms with Crippen LogP contribution in [0.25, 0.3) is 0 Å². The van der Waals surface area contributed by atoms with E-state index in [0.717, 1.165) is 5.56 Å². The minimum absolute atomic E-state index is 0.0821. The minimum atomic E-state index is -3.73. The van der Waals surface area contributed by atoms with Gasteiger partial charge >= 0.3 is 0 Å². The number of hydrogen-bond acceptors (Lipinski definition) is 4. The molecule has 0 bridgehead atoms. The summed E-state index contributed by atoms with van der Waals surface area (Å²) in [6.07, 6.45) is -0.385. The monoisotopic (exact) mass is 470 g/mol. The molecule has 1 saturated heterocycles. The molecule has 3 unspecified atom stereocenters. The Kier molecular flexibility index (Phi) is 7.09. The molecule has 1 N–H and O–H groups in total. The summed E-state index contributed by atoms with van der Waals surface area (Å²) in [7, 11) is -3.73. The summed E-state index contributed by atoms with van der Waals surface area (Å²) in [5.74, 6) is -0.380. The van der Waals surface area contributed by atoms with Gasteiger partial charge in [-0.15, -0.1) is 0 Å². The van der Waals surface area contributed by atoms with E-state index in [4.69, 9.17) is 27.9 Å². The van der Waals surface area contributed by atoms with Gasteiger partial charge in [0.15, 0.2) is 0 Å². The molecule has 1 aliphatic rings. The first-order valence-electron chi connectivity index (χ1n) is 9.59. The van der Waals surface area contributed by atoms with Crippen LogP contribution in [0.2, 0.25) is 10.0 Å². The van der Waals surface area contributed by atoms with Crippen molar-refractivity contribution in [1.29, 1.82) is 0 Å². The standard InChI is InChI=1S/C21H24Cl2N2O4S/c1-13-11-25(12-14(2)29-13)30(27,28)18-6-4-5-17(9-18)21(26)24-15(3)16-7-8-19(22)20(23)10-16/h4-10,13-15H,11-12H2,1-3H3,(H,24,26). The fourth-order valence-electron chi connectivity index (χ4n) is 3.42. The summed E-state index contributed by atoms with van der Waals surface area (Å²) < 4.78 is 33.2. The lowest BCUT2D eigenvalue weighted by Gasteiger charge is -2.34. The molecule has 1 fully saturated rings. The molecule has 0 spiro atoms. The molecular weight excluding hydrogens is 447 g/mol. The number of hydrogen-bond donors (Lipinski definition) is 1. The number of halogens is 2. The Hall–Kier alpha value is -1.64. The third kappa shape index (κ3) is 5.15. The van der Waals surface area contributed by atoms with Crippen LogP contribution in [0.4, 0.5) is 0 Å². The van der Waals surface area contributed by atoms with E-state index in [1.807, 2.05) is 20.8 Å². The average Bonchev–Trinajstić information content (AvgIpc) is 2.69. The maximum Gasteiger partial charge on any atom is 0.251 e. The molecule has 1 aliphatic heterocycles. The van der Waals surface area contributed by atoms with E-state index in [1.165, 1.54) is 16.4 Å². The number of rotatable bonds is 5. The third-order valence-electron chi connectivity index (χ3n) is 4.91. The van der Waals surface area contributed by atoms with Gasteiger partial charge in [-0.3, -0.25) is 4.79 Å². The van der Waals surface area contributed by atoms with E-state index in [2.05, 4.69) is 5.32 Å². The maximum atomic E-state index is 13.1. The van der Waals surface area contributed by atoms with Crippen molar-refractivity contribution >= 4 is 39.1 Å². The highest BCUT2D eigenvalue weighted by molar-refractivity contribution is 7.89. The first-order chi connectivity index (χ1) is 14.1. The Morgan fingerprint density at radius 2 is 1.77 bits per heavy atom. The molecule has 30 heavy (non-hydrogen) atoms. The third-order valence-corrected chi connectivity index (χ3v) is 7.48. The van der Waals surface area contributed by atoms with E-state index in [1.54, 1.807) is 30.3 Å². The molecule has 9 heteroatoms. The predicted octanol–water partition coefficient (Wildman–Crippen LogP) is 4.28. The minimum Gasteiger partial charge on any atom is -0.373 e. The van der Waals surface area contributed by atoms with E-state index >= 15 is 0 Å². The Morgan fingerprint density at radius 3 is 2.40 bits per heavy atom. The van der Waals surface area contributed by atoms with Crippen LogP contribution in [0.15, 0.2) is 47.4 Å². The fourth-order valence-corrected chi connectivity index (χ4v) is 5.36. The van der Waals surface area contributed by atoms with Crippen molar-refractivity contribution in [2.45, 2.75) is 43.9 Å². The van der Waals surface area contributed by atoms with Gasteiger partial charge in [-0.1, -0.05) is 35.3 Å². The number of nitrogens with one attached hydrogen (secondary N) is 1. The molecule has 3 atom stereocenters. The number of carbonyl (C=O) groups is 1. The predicted molar refractivity (Wildman–Crippen MR) is 118 cm³/mol. The number of morpholine rings is 1. The van der Waals surface area contributed by atoms with Crippen molar-refractivity contribution in [1.82, 2.24) is 9.62 Å². The Bertz CT molecular complexity index is 1040. The van der Waals surface area contributed by atoms with Crippen LogP contribution in [0.3, 0.4) is 0 Å². The topological polar surface area (TPSA) is 75.7 Å². The van der Waals surface area contributed by atoms with E-state index in [0.29, 0.717) is 10.0 Å². The van der Waals surface area contributed by atoms with E-state index in [9.17, 15) is 13.2 Å². The van der Waals surface area contributed by atoms with Crippen molar-refractivity contribution in [3.05, 3.63) is 63.6 Å². The van der Waals surface area contributed by atoms with Crippen molar-refractivity contribution in [3.63, 3.8) is 0 Å². The van der Waals surface area contributed by atoms with Gasteiger partial charge < -0.3 is 10.1 Å². The second-order valence-electron chi connectivity index (χ2n) is 7.48. The van der Waals surface area contributed by atoms with Crippen LogP contribution in [-0.4, -0.2) is 43.9 Å². The summed E-state index contributed by atoms with van der Waals surface area (Å²) in [4.78, 5) is 12.8. The molecule has 3 rings (SSSR count). The highest BCUT2D eigenvalue weighted by atomic mass is 35.5. The van der Waals surface area contributed by atoms with Gasteiger partial charge in [0.2, 0.25) is 10.0 Å². The van der Waals surface area contributed by atoms with Crippen LogP contribution in [-0.2, 0) is 14.8 Å². The highest BCUT2D eigenvalue weighted by Gasteiger charge is 2.32. The Balaban J connectivity index is 1.78. The van der Waals surface area contributed by atoms with Crippen LogP contribution < -0.4 is 5.32 Å². The number of carbonyl (C=O) groups excluding carboxylic acids is 1. The molecule has 0 aromatic heterocycles. The van der Waals surface area contributed by atoms with E-state index < -0.39 is 10.0 Å². The summed E-state index contributed by atoms with van der Waals surface area (Å²) >= 11 is 12.0. The highest BCUT2D eigenvalue weighted by Crippen LogP contribution is 2.26. The average molecular weight is 471 g/mol. The smallest absolute Gasteiger partial charge is 0.251 e. The van der Waals surface area contributed by atoms with Gasteiger partial charge in [-0.2, -0.15) is 4.31 Å². The van der Waals surface area contributed by atoms with Crippen molar-refractivity contribution in [2.75, 3.05) is 13.1 Å². The molecule has 2 aromatic carbocycles. The van der Waals surface area contributed by atoms with Gasteiger partial charge in [-0.05, 0) is 56.7 Å². The van der Waals surface area contributed by atoms with Crippen molar-refractivity contribution < 1.29 is 17.9 Å². The summed E-state index contributed by atoms with van der Waals surface area (Å²) in [6.45, 7) is 6.04. The lowest BCUT2D eigenvalue weighted by molar-refractivity contribution is -0.0440. The molecule has 162 valence electrons. The quantitative estimate of drug-likeness (QED) is 0.707. The Morgan fingerprint density at radius 1 is 1.10 bits per heavy atom. The molecule has 0 saturated carbocycles. The van der Waals surface area contributed by atoms with Gasteiger partial charge in [-0.25, -0.2) is 8.42 Å². The second kappa shape index (κ2) is 9.24. The van der Waals surface area contributed by atoms with Gasteiger partial charge in [0.05, 0.1) is 33.2 Å². The number of ether oxygens (including phenoxy) is 1.